The van der Waals surface area contributed by atoms with Crippen molar-refractivity contribution in [2.45, 2.75) is 107 Å². The van der Waals surface area contributed by atoms with Crippen LogP contribution < -0.4 is 0 Å². The molecule has 0 radical (unpaired) electrons. The van der Waals surface area contributed by atoms with Gasteiger partial charge in [0.05, 0.1) is 21.7 Å². The molecule has 0 aliphatic heterocycles. The molecule has 2 atom stereocenters. The Balaban J connectivity index is 4.00. The molecule has 0 bridgehead atoms. The Hall–Kier alpha value is -0.260. The van der Waals surface area contributed by atoms with Crippen LogP contribution in [0.1, 0.15) is 85.5 Å². The molecule has 0 rings (SSSR count). The molecule has 0 fully saturated rings. The van der Waals surface area contributed by atoms with E-state index in [9.17, 15) is 27.0 Å². The highest BCUT2D eigenvalue weighted by molar-refractivity contribution is 7.87. The van der Waals surface area contributed by atoms with Gasteiger partial charge in [0.1, 0.15) is 0 Å². The third kappa shape index (κ3) is 10.2. The van der Waals surface area contributed by atoms with Crippen molar-refractivity contribution < 1.29 is 36.2 Å². The molecule has 2 unspecified atom stereocenters. The molecule has 0 saturated carbocycles. The summed E-state index contributed by atoms with van der Waals surface area (Å²) in [7, 11) is -8.25. The van der Waals surface area contributed by atoms with Gasteiger partial charge in [-0.2, -0.15) is 16.8 Å². The molecule has 0 aromatic rings. The van der Waals surface area contributed by atoms with E-state index in [1.165, 1.54) is 27.7 Å². The van der Waals surface area contributed by atoms with Crippen molar-refractivity contribution in [2.75, 3.05) is 0 Å². The van der Waals surface area contributed by atoms with Gasteiger partial charge in [0.2, 0.25) is 0 Å². The van der Waals surface area contributed by atoms with Crippen molar-refractivity contribution in [1.82, 2.24) is 0 Å². The number of rotatable bonds is 14. The van der Waals surface area contributed by atoms with E-state index in [1.54, 1.807) is 0 Å². The van der Waals surface area contributed by atoms with Crippen molar-refractivity contribution in [2.24, 2.45) is 0 Å². The summed E-state index contributed by atoms with van der Waals surface area (Å²) >= 11 is 0. The van der Waals surface area contributed by atoms with E-state index in [-0.39, 0.29) is 12.8 Å². The first-order chi connectivity index (χ1) is 12.0. The van der Waals surface area contributed by atoms with Crippen LogP contribution in [-0.2, 0) is 20.2 Å². The molecule has 0 spiro atoms. The highest BCUT2D eigenvalue weighted by Gasteiger charge is 2.32. The van der Waals surface area contributed by atoms with Crippen molar-refractivity contribution in [3.8, 4) is 0 Å². The van der Waals surface area contributed by atoms with Gasteiger partial charge in [0.25, 0.3) is 20.2 Å². The Morgan fingerprint density at radius 2 is 0.889 bits per heavy atom. The molecule has 164 valence electrons. The summed E-state index contributed by atoms with van der Waals surface area (Å²) in [5, 5.41) is 19.9. The maximum Gasteiger partial charge on any atom is 0.270 e. The quantitative estimate of drug-likeness (QED) is 0.306. The van der Waals surface area contributed by atoms with Gasteiger partial charge in [-0.05, 0) is 85.5 Å². The van der Waals surface area contributed by atoms with Crippen molar-refractivity contribution in [1.29, 1.82) is 0 Å². The van der Waals surface area contributed by atoms with Gasteiger partial charge < -0.3 is 10.2 Å². The molecule has 0 aromatic heterocycles. The van der Waals surface area contributed by atoms with Crippen LogP contribution in [0.5, 0.6) is 0 Å². The molecule has 0 heterocycles. The van der Waals surface area contributed by atoms with E-state index in [0.717, 1.165) is 0 Å². The summed E-state index contributed by atoms with van der Waals surface area (Å²) in [4.78, 5) is 0. The second-order valence-corrected chi connectivity index (χ2v) is 12.6. The normalized spacial score (nSPS) is 16.3. The van der Waals surface area contributed by atoms with E-state index < -0.39 is 41.9 Å². The van der Waals surface area contributed by atoms with Crippen LogP contribution in [-0.4, -0.2) is 57.9 Å². The molecule has 0 saturated heterocycles. The van der Waals surface area contributed by atoms with Crippen LogP contribution in [0.3, 0.4) is 0 Å². The zero-order valence-corrected chi connectivity index (χ0v) is 18.4. The summed E-state index contributed by atoms with van der Waals surface area (Å²) < 4.78 is 60.5. The zero-order chi connectivity index (χ0) is 21.5. The smallest absolute Gasteiger partial charge is 0.270 e. The lowest BCUT2D eigenvalue weighted by molar-refractivity contribution is 0.120. The molecule has 10 heteroatoms. The van der Waals surface area contributed by atoms with Gasteiger partial charge in [-0.3, -0.25) is 9.11 Å². The van der Waals surface area contributed by atoms with Crippen LogP contribution in [0.15, 0.2) is 0 Å². The fourth-order valence-corrected chi connectivity index (χ4v) is 3.47. The third-order valence-electron chi connectivity index (χ3n) is 5.10. The largest absolute Gasteiger partial charge is 0.393 e. The number of aliphatic hydroxyl groups excluding tert-OH is 2. The van der Waals surface area contributed by atoms with E-state index in [1.807, 2.05) is 0 Å². The second kappa shape index (κ2) is 10.5. The van der Waals surface area contributed by atoms with Gasteiger partial charge in [0, 0.05) is 0 Å². The summed E-state index contributed by atoms with van der Waals surface area (Å²) in [6.07, 6.45) is 2.56. The topological polar surface area (TPSA) is 149 Å². The highest BCUT2D eigenvalue weighted by atomic mass is 32.2. The van der Waals surface area contributed by atoms with Gasteiger partial charge in [-0.1, -0.05) is 0 Å². The molecule has 27 heavy (non-hydrogen) atoms. The van der Waals surface area contributed by atoms with Crippen molar-refractivity contribution in [3.63, 3.8) is 0 Å². The lowest BCUT2D eigenvalue weighted by Gasteiger charge is -2.22. The first kappa shape index (κ1) is 26.7. The lowest BCUT2D eigenvalue weighted by Crippen LogP contribution is -2.31. The highest BCUT2D eigenvalue weighted by Crippen LogP contribution is 2.25. The molecular formula is C17H36O8S2. The molecule has 0 aromatic carbocycles. The second-order valence-electron chi connectivity index (χ2n) is 8.49. The summed E-state index contributed by atoms with van der Waals surface area (Å²) in [6, 6.07) is 0. The fraction of sp³-hybridized carbons (Fsp3) is 1.00. The minimum atomic E-state index is -4.13. The van der Waals surface area contributed by atoms with Crippen LogP contribution in [0, 0.1) is 0 Å². The minimum absolute atomic E-state index is 0.245. The standard InChI is InChI=1S/C17H36O8S2/c1-16(2,26(20,21)22)12-6-10-14(18)8-5-9-15(19)11-7-13-17(3,4)27(23,24)25/h14-15,18-19H,5-13H2,1-4H3,(H,20,21,22)(H,23,24,25). The third-order valence-corrected chi connectivity index (χ3v) is 8.31. The van der Waals surface area contributed by atoms with Crippen LogP contribution >= 0.6 is 0 Å². The average molecular weight is 433 g/mol. The van der Waals surface area contributed by atoms with Gasteiger partial charge in [-0.15, -0.1) is 0 Å². The number of hydrogen-bond donors (Lipinski definition) is 4. The van der Waals surface area contributed by atoms with Gasteiger partial charge in [-0.25, -0.2) is 0 Å². The van der Waals surface area contributed by atoms with Gasteiger partial charge >= 0.3 is 0 Å². The summed E-state index contributed by atoms with van der Waals surface area (Å²) in [5.74, 6) is 0. The number of aliphatic hydroxyl groups is 2. The van der Waals surface area contributed by atoms with E-state index in [0.29, 0.717) is 44.9 Å². The Labute approximate surface area is 163 Å². The van der Waals surface area contributed by atoms with Crippen molar-refractivity contribution in [3.05, 3.63) is 0 Å². The molecular weight excluding hydrogens is 396 g/mol. The maximum absolute atomic E-state index is 11.2. The first-order valence-electron chi connectivity index (χ1n) is 9.30. The predicted molar refractivity (Wildman–Crippen MR) is 105 cm³/mol. The summed E-state index contributed by atoms with van der Waals surface area (Å²) in [6.45, 7) is 5.76. The predicted octanol–water partition coefficient (Wildman–Crippen LogP) is 2.55. The molecule has 0 aliphatic rings. The van der Waals surface area contributed by atoms with E-state index in [2.05, 4.69) is 0 Å². The zero-order valence-electron chi connectivity index (χ0n) is 16.8. The Bertz CT molecular complexity index is 582. The van der Waals surface area contributed by atoms with Crippen molar-refractivity contribution >= 4 is 20.2 Å². The summed E-state index contributed by atoms with van der Waals surface area (Å²) in [5.41, 5.74) is 0. The minimum Gasteiger partial charge on any atom is -0.393 e. The van der Waals surface area contributed by atoms with Crippen LogP contribution in [0.2, 0.25) is 0 Å². The van der Waals surface area contributed by atoms with E-state index >= 15 is 0 Å². The number of hydrogen-bond acceptors (Lipinski definition) is 6. The van der Waals surface area contributed by atoms with Gasteiger partial charge in [0.15, 0.2) is 0 Å². The van der Waals surface area contributed by atoms with E-state index in [4.69, 9.17) is 9.11 Å². The van der Waals surface area contributed by atoms with Crippen LogP contribution in [0.4, 0.5) is 0 Å². The Kier molecular flexibility index (Phi) is 10.4. The van der Waals surface area contributed by atoms with Crippen LogP contribution in [0.25, 0.3) is 0 Å². The SMILES string of the molecule is CC(C)(CCCC(O)CCCC(O)CCCC(C)(C)S(=O)(=O)O)S(=O)(=O)O. The molecule has 8 nitrogen and oxygen atoms in total. The lowest BCUT2D eigenvalue weighted by atomic mass is 9.98. The maximum atomic E-state index is 11.2. The fourth-order valence-electron chi connectivity index (χ4n) is 2.66. The Morgan fingerprint density at radius 3 is 1.15 bits per heavy atom. The average Bonchev–Trinajstić information content (AvgIpc) is 2.44. The Morgan fingerprint density at radius 1 is 0.630 bits per heavy atom. The first-order valence-corrected chi connectivity index (χ1v) is 12.2. The molecule has 4 N–H and O–H groups in total. The monoisotopic (exact) mass is 432 g/mol. The molecule has 0 aliphatic carbocycles. The molecule has 0 amide bonds.